The minimum atomic E-state index is -0.909. The summed E-state index contributed by atoms with van der Waals surface area (Å²) in [4.78, 5) is 11.8. The standard InChI is InChI=1S/C14H12O3/c1-14(2)16-12-10-6-4-3-5-9(10)7-8-11(12)13(15)17-14/h3-8H,1-2H3. The number of hydrogen-bond donors (Lipinski definition) is 0. The van der Waals surface area contributed by atoms with Gasteiger partial charge in [0.25, 0.3) is 0 Å². The van der Waals surface area contributed by atoms with Gasteiger partial charge in [-0.25, -0.2) is 4.79 Å². The zero-order valence-corrected chi connectivity index (χ0v) is 9.69. The van der Waals surface area contributed by atoms with Crippen LogP contribution < -0.4 is 4.74 Å². The number of carbonyl (C=O) groups excluding carboxylic acids is 1. The van der Waals surface area contributed by atoms with E-state index in [0.29, 0.717) is 11.3 Å². The third-order valence-corrected chi connectivity index (χ3v) is 2.79. The van der Waals surface area contributed by atoms with Gasteiger partial charge >= 0.3 is 5.97 Å². The molecule has 0 saturated heterocycles. The van der Waals surface area contributed by atoms with Crippen molar-refractivity contribution in [2.24, 2.45) is 0 Å². The van der Waals surface area contributed by atoms with Gasteiger partial charge < -0.3 is 9.47 Å². The van der Waals surface area contributed by atoms with E-state index in [1.54, 1.807) is 19.9 Å². The summed E-state index contributed by atoms with van der Waals surface area (Å²) in [5, 5.41) is 1.99. The second-order valence-electron chi connectivity index (χ2n) is 4.55. The fourth-order valence-corrected chi connectivity index (χ4v) is 2.06. The van der Waals surface area contributed by atoms with Crippen LogP contribution in [0.2, 0.25) is 0 Å². The second-order valence-corrected chi connectivity index (χ2v) is 4.55. The molecule has 3 heteroatoms. The number of benzene rings is 2. The summed E-state index contributed by atoms with van der Waals surface area (Å²) in [6.07, 6.45) is 0. The van der Waals surface area contributed by atoms with Crippen molar-refractivity contribution in [2.75, 3.05) is 0 Å². The lowest BCUT2D eigenvalue weighted by atomic mass is 10.0. The van der Waals surface area contributed by atoms with Crippen LogP contribution in [0.15, 0.2) is 36.4 Å². The smallest absolute Gasteiger partial charge is 0.345 e. The molecular formula is C14H12O3. The Balaban J connectivity index is 2.32. The molecule has 0 unspecified atom stereocenters. The van der Waals surface area contributed by atoms with E-state index in [2.05, 4.69) is 0 Å². The maximum atomic E-state index is 11.8. The molecule has 0 fully saturated rings. The van der Waals surface area contributed by atoms with Gasteiger partial charge in [-0.05, 0) is 11.5 Å². The van der Waals surface area contributed by atoms with Gasteiger partial charge in [0.2, 0.25) is 5.79 Å². The van der Waals surface area contributed by atoms with Gasteiger partial charge in [-0.2, -0.15) is 0 Å². The number of fused-ring (bicyclic) bond motifs is 3. The van der Waals surface area contributed by atoms with Gasteiger partial charge in [-0.3, -0.25) is 0 Å². The average molecular weight is 228 g/mol. The van der Waals surface area contributed by atoms with Gasteiger partial charge in [0.15, 0.2) is 0 Å². The molecule has 1 aliphatic rings. The highest BCUT2D eigenvalue weighted by atomic mass is 16.7. The van der Waals surface area contributed by atoms with E-state index in [4.69, 9.17) is 9.47 Å². The fraction of sp³-hybridized carbons (Fsp3) is 0.214. The van der Waals surface area contributed by atoms with Crippen LogP contribution >= 0.6 is 0 Å². The van der Waals surface area contributed by atoms with Gasteiger partial charge in [0.05, 0.1) is 0 Å². The van der Waals surface area contributed by atoms with Gasteiger partial charge in [-0.15, -0.1) is 0 Å². The molecule has 0 N–H and O–H groups in total. The van der Waals surface area contributed by atoms with Crippen molar-refractivity contribution in [3.63, 3.8) is 0 Å². The molecule has 17 heavy (non-hydrogen) atoms. The normalized spacial score (nSPS) is 17.2. The Morgan fingerprint density at radius 3 is 2.59 bits per heavy atom. The van der Waals surface area contributed by atoms with Crippen LogP contribution in [0.3, 0.4) is 0 Å². The lowest BCUT2D eigenvalue weighted by molar-refractivity contribution is -0.126. The van der Waals surface area contributed by atoms with E-state index in [-0.39, 0.29) is 5.97 Å². The molecule has 2 aromatic rings. The first kappa shape index (κ1) is 10.1. The highest BCUT2D eigenvalue weighted by molar-refractivity contribution is 6.02. The zero-order chi connectivity index (χ0) is 12.0. The monoisotopic (exact) mass is 228 g/mol. The number of cyclic esters (lactones) is 1. The van der Waals surface area contributed by atoms with Crippen molar-refractivity contribution >= 4 is 16.7 Å². The van der Waals surface area contributed by atoms with E-state index in [1.165, 1.54) is 0 Å². The Morgan fingerprint density at radius 2 is 1.76 bits per heavy atom. The van der Waals surface area contributed by atoms with Crippen molar-refractivity contribution in [2.45, 2.75) is 19.6 Å². The average Bonchev–Trinajstić information content (AvgIpc) is 2.27. The van der Waals surface area contributed by atoms with E-state index in [1.807, 2.05) is 30.3 Å². The Labute approximate surface area is 99.0 Å². The lowest BCUT2D eigenvalue weighted by Crippen LogP contribution is -2.38. The first-order valence-electron chi connectivity index (χ1n) is 5.51. The summed E-state index contributed by atoms with van der Waals surface area (Å²) in [6.45, 7) is 3.46. The van der Waals surface area contributed by atoms with Crippen LogP contribution in [0.25, 0.3) is 10.8 Å². The third kappa shape index (κ3) is 1.55. The minimum absolute atomic E-state index is 0.331. The second kappa shape index (κ2) is 3.23. The van der Waals surface area contributed by atoms with Crippen LogP contribution in [0.5, 0.6) is 5.75 Å². The quantitative estimate of drug-likeness (QED) is 0.650. The number of esters is 1. The molecule has 1 aliphatic heterocycles. The van der Waals surface area contributed by atoms with Crippen molar-refractivity contribution in [1.29, 1.82) is 0 Å². The minimum Gasteiger partial charge on any atom is -0.451 e. The fourth-order valence-electron chi connectivity index (χ4n) is 2.06. The molecular weight excluding hydrogens is 216 g/mol. The van der Waals surface area contributed by atoms with Crippen molar-refractivity contribution < 1.29 is 14.3 Å². The van der Waals surface area contributed by atoms with Gasteiger partial charge in [0, 0.05) is 19.2 Å². The summed E-state index contributed by atoms with van der Waals surface area (Å²) in [7, 11) is 0. The molecule has 0 radical (unpaired) electrons. The Kier molecular flexibility index (Phi) is 1.93. The maximum Gasteiger partial charge on any atom is 0.345 e. The summed E-state index contributed by atoms with van der Waals surface area (Å²) >= 11 is 0. The summed E-state index contributed by atoms with van der Waals surface area (Å²) < 4.78 is 10.9. The summed E-state index contributed by atoms with van der Waals surface area (Å²) in [5.41, 5.74) is 0.489. The molecule has 1 heterocycles. The molecule has 0 amide bonds. The van der Waals surface area contributed by atoms with Crippen LogP contribution in [0.4, 0.5) is 0 Å². The van der Waals surface area contributed by atoms with Gasteiger partial charge in [-0.1, -0.05) is 30.3 Å². The van der Waals surface area contributed by atoms with E-state index in [0.717, 1.165) is 10.8 Å². The number of rotatable bonds is 0. The van der Waals surface area contributed by atoms with Crippen molar-refractivity contribution in [3.05, 3.63) is 42.0 Å². The molecule has 0 aromatic heterocycles. The van der Waals surface area contributed by atoms with Crippen LogP contribution in [-0.2, 0) is 4.74 Å². The summed E-state index contributed by atoms with van der Waals surface area (Å²) in [5.74, 6) is -0.625. The predicted octanol–water partition coefficient (Wildman–Crippen LogP) is 3.13. The molecule has 0 spiro atoms. The van der Waals surface area contributed by atoms with Crippen LogP contribution in [0.1, 0.15) is 24.2 Å². The van der Waals surface area contributed by atoms with E-state index in [9.17, 15) is 4.79 Å². The maximum absolute atomic E-state index is 11.8. The largest absolute Gasteiger partial charge is 0.451 e. The molecule has 0 saturated carbocycles. The Morgan fingerprint density at radius 1 is 1.00 bits per heavy atom. The first-order valence-corrected chi connectivity index (χ1v) is 5.51. The molecule has 0 bridgehead atoms. The number of ether oxygens (including phenoxy) is 2. The highest BCUT2D eigenvalue weighted by Gasteiger charge is 2.34. The van der Waals surface area contributed by atoms with Crippen LogP contribution in [-0.4, -0.2) is 11.8 Å². The van der Waals surface area contributed by atoms with E-state index >= 15 is 0 Å². The molecule has 3 nitrogen and oxygen atoms in total. The molecule has 86 valence electrons. The van der Waals surface area contributed by atoms with Gasteiger partial charge in [0.1, 0.15) is 11.3 Å². The van der Waals surface area contributed by atoms with E-state index < -0.39 is 5.79 Å². The molecule has 3 rings (SSSR count). The van der Waals surface area contributed by atoms with Crippen molar-refractivity contribution in [3.8, 4) is 5.75 Å². The van der Waals surface area contributed by atoms with Crippen LogP contribution in [0, 0.1) is 0 Å². The molecule has 0 aliphatic carbocycles. The lowest BCUT2D eigenvalue weighted by Gasteiger charge is -2.32. The number of hydrogen-bond acceptors (Lipinski definition) is 3. The Bertz CT molecular complexity index is 614. The first-order chi connectivity index (χ1) is 8.07. The van der Waals surface area contributed by atoms with Crippen molar-refractivity contribution in [1.82, 2.24) is 0 Å². The topological polar surface area (TPSA) is 35.5 Å². The third-order valence-electron chi connectivity index (χ3n) is 2.79. The predicted molar refractivity (Wildman–Crippen MR) is 64.1 cm³/mol. The highest BCUT2D eigenvalue weighted by Crippen LogP contribution is 2.37. The molecule has 0 atom stereocenters. The zero-order valence-electron chi connectivity index (χ0n) is 9.69. The molecule has 2 aromatic carbocycles. The Hall–Kier alpha value is -2.03. The SMILES string of the molecule is CC1(C)OC(=O)c2ccc3ccccc3c2O1. The number of carbonyl (C=O) groups is 1. The summed E-state index contributed by atoms with van der Waals surface area (Å²) in [6, 6.07) is 11.5.